The molecule has 100 valence electrons. The summed E-state index contributed by atoms with van der Waals surface area (Å²) in [5, 5.41) is 8.47. The summed E-state index contributed by atoms with van der Waals surface area (Å²) in [6.45, 7) is 0.675. The molecule has 0 aliphatic rings. The number of carbonyl (C=O) groups is 1. The fourth-order valence-electron chi connectivity index (χ4n) is 1.48. The molecule has 0 amide bonds. The van der Waals surface area contributed by atoms with E-state index in [1.807, 2.05) is 25.1 Å². The molecule has 6 nitrogen and oxygen atoms in total. The minimum atomic E-state index is -3.84. The molecule has 0 spiro atoms. The highest BCUT2D eigenvalue weighted by molar-refractivity contribution is 7.93. The lowest BCUT2D eigenvalue weighted by Crippen LogP contribution is -2.22. The second-order valence-corrected chi connectivity index (χ2v) is 5.92. The summed E-state index contributed by atoms with van der Waals surface area (Å²) in [4.78, 5) is 12.3. The van der Waals surface area contributed by atoms with Crippen LogP contribution in [-0.2, 0) is 21.4 Å². The molecule has 0 atom stereocenters. The zero-order chi connectivity index (χ0) is 13.8. The highest BCUT2D eigenvalue weighted by Gasteiger charge is 2.15. The van der Waals surface area contributed by atoms with Crippen molar-refractivity contribution in [1.29, 1.82) is 0 Å². The van der Waals surface area contributed by atoms with Crippen molar-refractivity contribution in [3.63, 3.8) is 0 Å². The first-order valence-corrected chi connectivity index (χ1v) is 6.90. The van der Waals surface area contributed by atoms with Gasteiger partial charge in [0.1, 0.15) is 0 Å². The summed E-state index contributed by atoms with van der Waals surface area (Å²) in [6, 6.07) is 6.85. The van der Waals surface area contributed by atoms with Gasteiger partial charge in [0.05, 0.1) is 0 Å². The zero-order valence-electron chi connectivity index (χ0n) is 10.3. The maximum atomic E-state index is 11.4. The average molecular weight is 272 g/mol. The van der Waals surface area contributed by atoms with E-state index in [0.717, 1.165) is 5.56 Å². The number of nitrogens with zero attached hydrogens (tertiary/aromatic N) is 1. The van der Waals surface area contributed by atoms with Crippen LogP contribution in [0.15, 0.2) is 24.3 Å². The van der Waals surface area contributed by atoms with Crippen molar-refractivity contribution in [3.05, 3.63) is 29.8 Å². The minimum Gasteiger partial charge on any atom is -0.480 e. The van der Waals surface area contributed by atoms with Gasteiger partial charge in [0, 0.05) is 12.2 Å². The smallest absolute Gasteiger partial charge is 0.320 e. The third-order valence-corrected chi connectivity index (χ3v) is 3.19. The predicted octanol–water partition coefficient (Wildman–Crippen LogP) is 0.574. The van der Waals surface area contributed by atoms with E-state index in [1.54, 1.807) is 18.2 Å². The van der Waals surface area contributed by atoms with Crippen molar-refractivity contribution in [2.24, 2.45) is 0 Å². The summed E-state index contributed by atoms with van der Waals surface area (Å²) in [7, 11) is -0.0342. The number of anilines is 1. The van der Waals surface area contributed by atoms with Crippen LogP contribution >= 0.6 is 0 Å². The molecule has 2 N–H and O–H groups in total. The van der Waals surface area contributed by atoms with Crippen LogP contribution in [0.2, 0.25) is 0 Å². The molecule has 0 aliphatic carbocycles. The van der Waals surface area contributed by atoms with Crippen molar-refractivity contribution in [3.8, 4) is 0 Å². The van der Waals surface area contributed by atoms with E-state index in [2.05, 4.69) is 4.72 Å². The number of aliphatic carboxylic acids is 1. The standard InChI is InChI=1S/C11H16N2O4S/c1-13(2)7-9-4-3-5-10(6-9)12-18(16,17)8-11(14)15/h3-6,12H,7-8H2,1-2H3,(H,14,15). The molecule has 0 radical (unpaired) electrons. The second-order valence-electron chi connectivity index (χ2n) is 4.19. The molecule has 0 unspecified atom stereocenters. The molecule has 1 aromatic carbocycles. The van der Waals surface area contributed by atoms with E-state index in [1.165, 1.54) is 0 Å². The Labute approximate surface area is 106 Å². The molecule has 0 heterocycles. The lowest BCUT2D eigenvalue weighted by molar-refractivity contribution is -0.134. The first-order valence-electron chi connectivity index (χ1n) is 5.24. The Balaban J connectivity index is 2.82. The van der Waals surface area contributed by atoms with Gasteiger partial charge in [-0.05, 0) is 31.8 Å². The maximum absolute atomic E-state index is 11.4. The Kier molecular flexibility index (Phi) is 4.69. The normalized spacial score (nSPS) is 11.5. The summed E-state index contributed by atoms with van der Waals surface area (Å²) in [5.41, 5.74) is 1.31. The Bertz CT molecular complexity index is 526. The van der Waals surface area contributed by atoms with Crippen molar-refractivity contribution in [2.75, 3.05) is 24.6 Å². The molecule has 0 aromatic heterocycles. The van der Waals surface area contributed by atoms with Gasteiger partial charge in [0.25, 0.3) is 0 Å². The Hall–Kier alpha value is -1.60. The summed E-state index contributed by atoms with van der Waals surface area (Å²) in [6.07, 6.45) is 0. The van der Waals surface area contributed by atoms with E-state index in [4.69, 9.17) is 5.11 Å². The van der Waals surface area contributed by atoms with Gasteiger partial charge in [-0.15, -0.1) is 0 Å². The topological polar surface area (TPSA) is 86.7 Å². The molecule has 0 bridgehead atoms. The molecule has 0 saturated heterocycles. The molecular formula is C11H16N2O4S. The molecule has 18 heavy (non-hydrogen) atoms. The molecule has 7 heteroatoms. The van der Waals surface area contributed by atoms with E-state index < -0.39 is 21.7 Å². The minimum absolute atomic E-state index is 0.371. The number of sulfonamides is 1. The lowest BCUT2D eigenvalue weighted by Gasteiger charge is -2.11. The molecule has 1 rings (SSSR count). The lowest BCUT2D eigenvalue weighted by atomic mass is 10.2. The maximum Gasteiger partial charge on any atom is 0.320 e. The Morgan fingerprint density at radius 3 is 2.61 bits per heavy atom. The summed E-state index contributed by atoms with van der Waals surface area (Å²) < 4.78 is 25.1. The highest BCUT2D eigenvalue weighted by atomic mass is 32.2. The van der Waals surface area contributed by atoms with E-state index in [9.17, 15) is 13.2 Å². The van der Waals surface area contributed by atoms with Crippen LogP contribution < -0.4 is 4.72 Å². The second kappa shape index (κ2) is 5.83. The highest BCUT2D eigenvalue weighted by Crippen LogP contribution is 2.13. The number of carboxylic acids is 1. The number of rotatable bonds is 6. The van der Waals surface area contributed by atoms with E-state index >= 15 is 0 Å². The molecule has 1 aromatic rings. The first-order chi connectivity index (χ1) is 8.28. The van der Waals surface area contributed by atoms with Crippen LogP contribution in [0, 0.1) is 0 Å². The van der Waals surface area contributed by atoms with Crippen molar-refractivity contribution >= 4 is 21.7 Å². The van der Waals surface area contributed by atoms with Crippen LogP contribution in [0.4, 0.5) is 5.69 Å². The number of nitrogens with one attached hydrogen (secondary N) is 1. The third-order valence-electron chi connectivity index (χ3n) is 2.01. The Morgan fingerprint density at radius 2 is 2.06 bits per heavy atom. The molecular weight excluding hydrogens is 256 g/mol. The Morgan fingerprint density at radius 1 is 1.39 bits per heavy atom. The quantitative estimate of drug-likeness (QED) is 0.791. The fourth-order valence-corrected chi connectivity index (χ4v) is 2.36. The first kappa shape index (κ1) is 14.5. The monoisotopic (exact) mass is 272 g/mol. The van der Waals surface area contributed by atoms with Crippen molar-refractivity contribution in [2.45, 2.75) is 6.54 Å². The van der Waals surface area contributed by atoms with Crippen LogP contribution in [-0.4, -0.2) is 44.2 Å². The zero-order valence-corrected chi connectivity index (χ0v) is 11.1. The van der Waals surface area contributed by atoms with Crippen LogP contribution in [0.1, 0.15) is 5.56 Å². The largest absolute Gasteiger partial charge is 0.480 e. The van der Waals surface area contributed by atoms with Crippen LogP contribution in [0.3, 0.4) is 0 Å². The third kappa shape index (κ3) is 5.15. The van der Waals surface area contributed by atoms with Crippen LogP contribution in [0.5, 0.6) is 0 Å². The summed E-state index contributed by atoms with van der Waals surface area (Å²) >= 11 is 0. The molecule has 0 aliphatic heterocycles. The van der Waals surface area contributed by atoms with Gasteiger partial charge in [0.15, 0.2) is 5.75 Å². The van der Waals surface area contributed by atoms with E-state index in [0.29, 0.717) is 12.2 Å². The van der Waals surface area contributed by atoms with Gasteiger partial charge in [0.2, 0.25) is 10.0 Å². The number of hydrogen-bond acceptors (Lipinski definition) is 4. The van der Waals surface area contributed by atoms with Gasteiger partial charge < -0.3 is 10.0 Å². The summed E-state index contributed by atoms with van der Waals surface area (Å²) in [5.74, 6) is -2.32. The van der Waals surface area contributed by atoms with Gasteiger partial charge in [-0.3, -0.25) is 9.52 Å². The van der Waals surface area contributed by atoms with Gasteiger partial charge >= 0.3 is 5.97 Å². The van der Waals surface area contributed by atoms with Gasteiger partial charge in [-0.25, -0.2) is 8.42 Å². The van der Waals surface area contributed by atoms with Crippen LogP contribution in [0.25, 0.3) is 0 Å². The van der Waals surface area contributed by atoms with Crippen molar-refractivity contribution in [1.82, 2.24) is 4.90 Å². The van der Waals surface area contributed by atoms with E-state index in [-0.39, 0.29) is 0 Å². The van der Waals surface area contributed by atoms with Gasteiger partial charge in [-0.2, -0.15) is 0 Å². The SMILES string of the molecule is CN(C)Cc1cccc(NS(=O)(=O)CC(=O)O)c1. The number of benzene rings is 1. The molecule has 0 fully saturated rings. The number of carboxylic acid groups (broad SMARTS) is 1. The number of hydrogen-bond donors (Lipinski definition) is 2. The van der Waals surface area contributed by atoms with Gasteiger partial charge in [-0.1, -0.05) is 12.1 Å². The molecule has 0 saturated carbocycles. The van der Waals surface area contributed by atoms with Crippen molar-refractivity contribution < 1.29 is 18.3 Å². The predicted molar refractivity (Wildman–Crippen MR) is 68.9 cm³/mol. The fraction of sp³-hybridized carbons (Fsp3) is 0.364. The average Bonchev–Trinajstić information content (AvgIpc) is 2.13.